The SMILES string of the molecule is Cc1ccc([C@H](C)NC(=O)c2ccc3c(c2)OCO3)o1. The Labute approximate surface area is 116 Å². The topological polar surface area (TPSA) is 60.7 Å². The summed E-state index contributed by atoms with van der Waals surface area (Å²) in [5, 5.41) is 2.89. The summed E-state index contributed by atoms with van der Waals surface area (Å²) in [5.41, 5.74) is 0.532. The van der Waals surface area contributed by atoms with Gasteiger partial charge in [0.1, 0.15) is 11.5 Å². The highest BCUT2D eigenvalue weighted by Gasteiger charge is 2.18. The zero-order chi connectivity index (χ0) is 14.1. The number of carbonyl (C=O) groups excluding carboxylic acids is 1. The molecule has 0 fully saturated rings. The summed E-state index contributed by atoms with van der Waals surface area (Å²) in [6.45, 7) is 3.95. The Morgan fingerprint density at radius 1 is 1.20 bits per heavy atom. The van der Waals surface area contributed by atoms with Crippen molar-refractivity contribution in [3.05, 3.63) is 47.4 Å². The standard InChI is InChI=1S/C15H15NO4/c1-9-3-5-12(20-9)10(2)16-15(17)11-4-6-13-14(7-11)19-8-18-13/h3-7,10H,8H2,1-2H3,(H,16,17)/t10-/m0/s1. The van der Waals surface area contributed by atoms with Crippen LogP contribution in [0.1, 0.15) is 34.8 Å². The number of furan rings is 1. The second-order valence-electron chi connectivity index (χ2n) is 4.71. The molecule has 5 heteroatoms. The van der Waals surface area contributed by atoms with Gasteiger partial charge in [-0.25, -0.2) is 0 Å². The first-order valence-corrected chi connectivity index (χ1v) is 6.40. The van der Waals surface area contributed by atoms with Gasteiger partial charge in [-0.2, -0.15) is 0 Å². The van der Waals surface area contributed by atoms with Crippen LogP contribution in [0.25, 0.3) is 0 Å². The van der Waals surface area contributed by atoms with E-state index in [2.05, 4.69) is 5.32 Å². The minimum Gasteiger partial charge on any atom is -0.464 e. The number of rotatable bonds is 3. The molecule has 0 bridgehead atoms. The maximum absolute atomic E-state index is 12.2. The minimum absolute atomic E-state index is 0.176. The number of aryl methyl sites for hydroxylation is 1. The van der Waals surface area contributed by atoms with Gasteiger partial charge in [0.25, 0.3) is 5.91 Å². The predicted molar refractivity (Wildman–Crippen MR) is 71.9 cm³/mol. The van der Waals surface area contributed by atoms with Crippen LogP contribution < -0.4 is 14.8 Å². The van der Waals surface area contributed by atoms with Crippen LogP contribution in [0, 0.1) is 6.92 Å². The van der Waals surface area contributed by atoms with Crippen LogP contribution >= 0.6 is 0 Å². The molecule has 2 aromatic rings. The number of carbonyl (C=O) groups is 1. The molecule has 1 aromatic heterocycles. The van der Waals surface area contributed by atoms with Crippen molar-refractivity contribution in [1.82, 2.24) is 5.32 Å². The predicted octanol–water partition coefficient (Wildman–Crippen LogP) is 2.81. The van der Waals surface area contributed by atoms with Gasteiger partial charge in [-0.05, 0) is 44.2 Å². The highest BCUT2D eigenvalue weighted by atomic mass is 16.7. The van der Waals surface area contributed by atoms with Crippen molar-refractivity contribution < 1.29 is 18.7 Å². The van der Waals surface area contributed by atoms with Gasteiger partial charge in [0.05, 0.1) is 6.04 Å². The van der Waals surface area contributed by atoms with Crippen LogP contribution in [0.15, 0.2) is 34.7 Å². The summed E-state index contributed by atoms with van der Waals surface area (Å²) in [5.74, 6) is 2.64. The lowest BCUT2D eigenvalue weighted by molar-refractivity contribution is 0.0934. The number of ether oxygens (including phenoxy) is 2. The third-order valence-electron chi connectivity index (χ3n) is 3.17. The van der Waals surface area contributed by atoms with Crippen molar-refractivity contribution in [3.63, 3.8) is 0 Å². The quantitative estimate of drug-likeness (QED) is 0.934. The first-order chi connectivity index (χ1) is 9.63. The molecule has 20 heavy (non-hydrogen) atoms. The normalized spacial score (nSPS) is 14.1. The Bertz CT molecular complexity index is 647. The molecule has 1 amide bonds. The van der Waals surface area contributed by atoms with Crippen LogP contribution in [-0.2, 0) is 0 Å². The Balaban J connectivity index is 1.73. The molecular weight excluding hydrogens is 258 g/mol. The Hall–Kier alpha value is -2.43. The third kappa shape index (κ3) is 2.34. The molecule has 1 aliphatic rings. The molecule has 104 valence electrons. The zero-order valence-corrected chi connectivity index (χ0v) is 11.3. The van der Waals surface area contributed by atoms with Gasteiger partial charge in [0, 0.05) is 5.56 Å². The van der Waals surface area contributed by atoms with Gasteiger partial charge in [-0.1, -0.05) is 0 Å². The Morgan fingerprint density at radius 2 is 2.00 bits per heavy atom. The number of fused-ring (bicyclic) bond motifs is 1. The average Bonchev–Trinajstić information content (AvgIpc) is 3.05. The molecule has 0 radical (unpaired) electrons. The van der Waals surface area contributed by atoms with Crippen molar-refractivity contribution >= 4 is 5.91 Å². The highest BCUT2D eigenvalue weighted by Crippen LogP contribution is 2.32. The van der Waals surface area contributed by atoms with Crippen molar-refractivity contribution in [2.24, 2.45) is 0 Å². The van der Waals surface area contributed by atoms with Crippen molar-refractivity contribution in [1.29, 1.82) is 0 Å². The molecule has 0 saturated carbocycles. The van der Waals surface area contributed by atoms with Gasteiger partial charge in [0.15, 0.2) is 11.5 Å². The van der Waals surface area contributed by atoms with Gasteiger partial charge in [-0.3, -0.25) is 4.79 Å². The zero-order valence-electron chi connectivity index (χ0n) is 11.3. The van der Waals surface area contributed by atoms with Crippen LogP contribution in [0.5, 0.6) is 11.5 Å². The van der Waals surface area contributed by atoms with E-state index >= 15 is 0 Å². The van der Waals surface area contributed by atoms with E-state index in [1.165, 1.54) is 0 Å². The van der Waals surface area contributed by atoms with Crippen molar-refractivity contribution in [2.45, 2.75) is 19.9 Å². The molecule has 2 heterocycles. The number of nitrogens with one attached hydrogen (secondary N) is 1. The maximum atomic E-state index is 12.2. The smallest absolute Gasteiger partial charge is 0.252 e. The summed E-state index contributed by atoms with van der Waals surface area (Å²) in [4.78, 5) is 12.2. The van der Waals surface area contributed by atoms with E-state index in [9.17, 15) is 4.79 Å². The Kier molecular flexibility index (Phi) is 3.10. The fourth-order valence-electron chi connectivity index (χ4n) is 2.08. The molecule has 0 unspecified atom stereocenters. The van der Waals surface area contributed by atoms with Crippen LogP contribution in [0.4, 0.5) is 0 Å². The summed E-state index contributed by atoms with van der Waals surface area (Å²) >= 11 is 0. The largest absolute Gasteiger partial charge is 0.464 e. The van der Waals surface area contributed by atoms with E-state index in [-0.39, 0.29) is 18.7 Å². The van der Waals surface area contributed by atoms with E-state index in [0.29, 0.717) is 17.1 Å². The maximum Gasteiger partial charge on any atom is 0.252 e. The molecule has 0 saturated heterocycles. The summed E-state index contributed by atoms with van der Waals surface area (Å²) in [6, 6.07) is 8.67. The molecule has 1 N–H and O–H groups in total. The van der Waals surface area contributed by atoms with Gasteiger partial charge >= 0.3 is 0 Å². The first-order valence-electron chi connectivity index (χ1n) is 6.40. The number of benzene rings is 1. The lowest BCUT2D eigenvalue weighted by Crippen LogP contribution is -2.26. The van der Waals surface area contributed by atoms with Gasteiger partial charge < -0.3 is 19.2 Å². The number of amides is 1. The number of hydrogen-bond acceptors (Lipinski definition) is 4. The molecule has 5 nitrogen and oxygen atoms in total. The molecule has 1 atom stereocenters. The van der Waals surface area contributed by atoms with E-state index in [1.54, 1.807) is 18.2 Å². The second kappa shape index (κ2) is 4.92. The molecule has 3 rings (SSSR count). The van der Waals surface area contributed by atoms with E-state index in [1.807, 2.05) is 26.0 Å². The minimum atomic E-state index is -0.193. The average molecular weight is 273 g/mol. The highest BCUT2D eigenvalue weighted by molar-refractivity contribution is 5.95. The fourth-order valence-corrected chi connectivity index (χ4v) is 2.08. The van der Waals surface area contributed by atoms with Crippen LogP contribution in [0.2, 0.25) is 0 Å². The van der Waals surface area contributed by atoms with Gasteiger partial charge in [-0.15, -0.1) is 0 Å². The molecule has 1 aliphatic heterocycles. The molecule has 1 aromatic carbocycles. The first kappa shape index (κ1) is 12.6. The molecule has 0 aliphatic carbocycles. The van der Waals surface area contributed by atoms with E-state index in [0.717, 1.165) is 11.5 Å². The van der Waals surface area contributed by atoms with Crippen LogP contribution in [-0.4, -0.2) is 12.7 Å². The van der Waals surface area contributed by atoms with E-state index in [4.69, 9.17) is 13.9 Å². The van der Waals surface area contributed by atoms with Crippen LogP contribution in [0.3, 0.4) is 0 Å². The molecule has 0 spiro atoms. The molecular formula is C15H15NO4. The Morgan fingerprint density at radius 3 is 2.75 bits per heavy atom. The lowest BCUT2D eigenvalue weighted by Gasteiger charge is -2.11. The van der Waals surface area contributed by atoms with Crippen molar-refractivity contribution in [2.75, 3.05) is 6.79 Å². The summed E-state index contributed by atoms with van der Waals surface area (Å²) < 4.78 is 16.0. The van der Waals surface area contributed by atoms with Crippen molar-refractivity contribution in [3.8, 4) is 11.5 Å². The van der Waals surface area contributed by atoms with Gasteiger partial charge in [0.2, 0.25) is 6.79 Å². The fraction of sp³-hybridized carbons (Fsp3) is 0.267. The lowest BCUT2D eigenvalue weighted by atomic mass is 10.1. The summed E-state index contributed by atoms with van der Waals surface area (Å²) in [7, 11) is 0. The van der Waals surface area contributed by atoms with E-state index < -0.39 is 0 Å². The third-order valence-corrected chi connectivity index (χ3v) is 3.17. The summed E-state index contributed by atoms with van der Waals surface area (Å²) in [6.07, 6.45) is 0. The number of hydrogen-bond donors (Lipinski definition) is 1. The second-order valence-corrected chi connectivity index (χ2v) is 4.71. The monoisotopic (exact) mass is 273 g/mol.